The molecule has 0 unspecified atom stereocenters. The number of benzene rings is 2. The van der Waals surface area contributed by atoms with Gasteiger partial charge in [-0.2, -0.15) is 0 Å². The first-order valence-corrected chi connectivity index (χ1v) is 10.7. The SMILES string of the molecule is CN(C)CCN(C)C1CCN(c2ccc(Cl)c(-c3nc4ccccc4[nH]3)c2)CC1. The summed E-state index contributed by atoms with van der Waals surface area (Å²) in [7, 11) is 6.53. The number of aromatic amines is 1. The van der Waals surface area contributed by atoms with Gasteiger partial charge in [0.1, 0.15) is 5.82 Å². The molecule has 1 saturated heterocycles. The van der Waals surface area contributed by atoms with Crippen LogP contribution in [0.5, 0.6) is 0 Å². The molecule has 154 valence electrons. The van der Waals surface area contributed by atoms with Crippen molar-refractivity contribution in [1.29, 1.82) is 0 Å². The predicted molar refractivity (Wildman–Crippen MR) is 123 cm³/mol. The molecule has 2 aromatic carbocycles. The van der Waals surface area contributed by atoms with Crippen LogP contribution in [0.2, 0.25) is 5.02 Å². The number of likely N-dealkylation sites (N-methyl/N-ethyl adjacent to an activating group) is 2. The number of H-pyrrole nitrogens is 1. The third-order valence-electron chi connectivity index (χ3n) is 5.95. The van der Waals surface area contributed by atoms with Gasteiger partial charge in [0.05, 0.1) is 16.1 Å². The van der Waals surface area contributed by atoms with E-state index in [9.17, 15) is 0 Å². The van der Waals surface area contributed by atoms with E-state index < -0.39 is 0 Å². The first-order chi connectivity index (χ1) is 14.0. The molecule has 1 N–H and O–H groups in total. The van der Waals surface area contributed by atoms with Gasteiger partial charge in [-0.1, -0.05) is 23.7 Å². The average molecular weight is 412 g/mol. The van der Waals surface area contributed by atoms with Crippen molar-refractivity contribution in [2.24, 2.45) is 0 Å². The quantitative estimate of drug-likeness (QED) is 0.654. The maximum atomic E-state index is 6.53. The molecule has 6 heteroatoms. The molecule has 0 spiro atoms. The molecule has 29 heavy (non-hydrogen) atoms. The molecule has 1 aliphatic rings. The highest BCUT2D eigenvalue weighted by Crippen LogP contribution is 2.32. The van der Waals surface area contributed by atoms with Gasteiger partial charge < -0.3 is 19.7 Å². The van der Waals surface area contributed by atoms with Crippen molar-refractivity contribution in [2.45, 2.75) is 18.9 Å². The second kappa shape index (κ2) is 8.74. The van der Waals surface area contributed by atoms with E-state index in [2.05, 4.69) is 53.0 Å². The summed E-state index contributed by atoms with van der Waals surface area (Å²) in [6.45, 7) is 4.36. The van der Waals surface area contributed by atoms with Gasteiger partial charge in [0.2, 0.25) is 0 Å². The van der Waals surface area contributed by atoms with Crippen LogP contribution in [0.15, 0.2) is 42.5 Å². The zero-order valence-corrected chi connectivity index (χ0v) is 18.3. The van der Waals surface area contributed by atoms with Crippen molar-refractivity contribution in [1.82, 2.24) is 19.8 Å². The van der Waals surface area contributed by atoms with Gasteiger partial charge in [0.25, 0.3) is 0 Å². The van der Waals surface area contributed by atoms with Crippen LogP contribution in [0.4, 0.5) is 5.69 Å². The monoisotopic (exact) mass is 411 g/mol. The van der Waals surface area contributed by atoms with Gasteiger partial charge in [-0.3, -0.25) is 0 Å². The zero-order valence-electron chi connectivity index (χ0n) is 17.5. The van der Waals surface area contributed by atoms with Crippen LogP contribution in [-0.2, 0) is 0 Å². The number of anilines is 1. The van der Waals surface area contributed by atoms with Crippen LogP contribution in [0, 0.1) is 0 Å². The number of nitrogens with zero attached hydrogens (tertiary/aromatic N) is 4. The second-order valence-corrected chi connectivity index (χ2v) is 8.68. The largest absolute Gasteiger partial charge is 0.371 e. The van der Waals surface area contributed by atoms with E-state index in [1.807, 2.05) is 30.3 Å². The van der Waals surface area contributed by atoms with Crippen LogP contribution >= 0.6 is 11.6 Å². The smallest absolute Gasteiger partial charge is 0.140 e. The third-order valence-corrected chi connectivity index (χ3v) is 6.28. The summed E-state index contributed by atoms with van der Waals surface area (Å²) >= 11 is 6.53. The number of imidazole rings is 1. The lowest BCUT2D eigenvalue weighted by atomic mass is 10.0. The number of aromatic nitrogens is 2. The van der Waals surface area contributed by atoms with Crippen LogP contribution in [0.1, 0.15) is 12.8 Å². The maximum absolute atomic E-state index is 6.53. The van der Waals surface area contributed by atoms with Crippen molar-refractivity contribution in [3.8, 4) is 11.4 Å². The summed E-state index contributed by atoms with van der Waals surface area (Å²) in [5, 5.41) is 0.728. The minimum Gasteiger partial charge on any atom is -0.371 e. The molecular formula is C23H30ClN5. The van der Waals surface area contributed by atoms with Gasteiger partial charge in [0.15, 0.2) is 0 Å². The molecule has 5 nitrogen and oxygen atoms in total. The minimum absolute atomic E-state index is 0.661. The van der Waals surface area contributed by atoms with Crippen LogP contribution in [-0.4, -0.2) is 73.1 Å². The Labute approximate surface area is 178 Å². The van der Waals surface area contributed by atoms with E-state index in [1.165, 1.54) is 18.5 Å². The molecule has 0 saturated carbocycles. The number of hydrogen-bond donors (Lipinski definition) is 1. The summed E-state index contributed by atoms with van der Waals surface area (Å²) in [6.07, 6.45) is 2.37. The lowest BCUT2D eigenvalue weighted by molar-refractivity contribution is 0.190. The normalized spacial score (nSPS) is 15.7. The van der Waals surface area contributed by atoms with Gasteiger partial charge in [-0.25, -0.2) is 4.98 Å². The second-order valence-electron chi connectivity index (χ2n) is 8.27. The Hall–Kier alpha value is -2.08. The summed E-state index contributed by atoms with van der Waals surface area (Å²) in [5.74, 6) is 0.830. The highest BCUT2D eigenvalue weighted by Gasteiger charge is 2.23. The van der Waals surface area contributed by atoms with Gasteiger partial charge in [0, 0.05) is 43.5 Å². The summed E-state index contributed by atoms with van der Waals surface area (Å²) in [4.78, 5) is 15.4. The zero-order chi connectivity index (χ0) is 20.4. The number of hydrogen-bond acceptors (Lipinski definition) is 4. The molecule has 0 atom stereocenters. The first-order valence-electron chi connectivity index (χ1n) is 10.4. The van der Waals surface area contributed by atoms with E-state index in [0.29, 0.717) is 6.04 Å². The van der Waals surface area contributed by atoms with Crippen molar-refractivity contribution in [2.75, 3.05) is 52.2 Å². The Bertz CT molecular complexity index is 926. The molecule has 0 radical (unpaired) electrons. The maximum Gasteiger partial charge on any atom is 0.140 e. The molecule has 0 amide bonds. The number of piperidine rings is 1. The molecule has 1 fully saturated rings. The predicted octanol–water partition coefficient (Wildman–Crippen LogP) is 4.35. The molecule has 2 heterocycles. The van der Waals surface area contributed by atoms with Gasteiger partial charge in [-0.15, -0.1) is 0 Å². The van der Waals surface area contributed by atoms with E-state index in [4.69, 9.17) is 16.6 Å². The highest BCUT2D eigenvalue weighted by molar-refractivity contribution is 6.33. The lowest BCUT2D eigenvalue weighted by Gasteiger charge is -2.38. The van der Waals surface area contributed by atoms with Gasteiger partial charge >= 0.3 is 0 Å². The van der Waals surface area contributed by atoms with Crippen molar-refractivity contribution in [3.05, 3.63) is 47.5 Å². The van der Waals surface area contributed by atoms with E-state index in [0.717, 1.165) is 53.6 Å². The Kier molecular flexibility index (Phi) is 6.09. The fraction of sp³-hybridized carbons (Fsp3) is 0.435. The van der Waals surface area contributed by atoms with Gasteiger partial charge in [-0.05, 0) is 64.3 Å². The van der Waals surface area contributed by atoms with E-state index >= 15 is 0 Å². The number of halogens is 1. The molecule has 1 aliphatic heterocycles. The lowest BCUT2D eigenvalue weighted by Crippen LogP contribution is -2.45. The Morgan fingerprint density at radius 2 is 1.83 bits per heavy atom. The minimum atomic E-state index is 0.661. The molecule has 0 aliphatic carbocycles. The molecular weight excluding hydrogens is 382 g/mol. The van der Waals surface area contributed by atoms with Crippen molar-refractivity contribution >= 4 is 28.3 Å². The Balaban J connectivity index is 1.47. The molecule has 0 bridgehead atoms. The summed E-state index contributed by atoms with van der Waals surface area (Å²) in [6, 6.07) is 15.0. The van der Waals surface area contributed by atoms with Crippen LogP contribution < -0.4 is 4.90 Å². The fourth-order valence-electron chi connectivity index (χ4n) is 4.08. The van der Waals surface area contributed by atoms with Crippen molar-refractivity contribution in [3.63, 3.8) is 0 Å². The number of nitrogens with one attached hydrogen (secondary N) is 1. The number of fused-ring (bicyclic) bond motifs is 1. The Morgan fingerprint density at radius 3 is 2.55 bits per heavy atom. The molecule has 4 rings (SSSR count). The Morgan fingerprint density at radius 1 is 1.07 bits per heavy atom. The van der Waals surface area contributed by atoms with E-state index in [-0.39, 0.29) is 0 Å². The van der Waals surface area contributed by atoms with Crippen molar-refractivity contribution < 1.29 is 0 Å². The first kappa shape index (κ1) is 20.2. The number of rotatable bonds is 6. The average Bonchev–Trinajstić information content (AvgIpc) is 3.16. The third kappa shape index (κ3) is 4.58. The fourth-order valence-corrected chi connectivity index (χ4v) is 4.28. The topological polar surface area (TPSA) is 38.4 Å². The summed E-state index contributed by atoms with van der Waals surface area (Å²) < 4.78 is 0. The number of para-hydroxylation sites is 2. The molecule has 1 aromatic heterocycles. The van der Waals surface area contributed by atoms with Crippen LogP contribution in [0.25, 0.3) is 22.4 Å². The standard InChI is InChI=1S/C23H30ClN5/c1-27(2)14-15-28(3)17-10-12-29(13-11-17)18-8-9-20(24)19(16-18)23-25-21-6-4-5-7-22(21)26-23/h4-9,16-17H,10-15H2,1-3H3,(H,25,26). The van der Waals surface area contributed by atoms with E-state index in [1.54, 1.807) is 0 Å². The summed E-state index contributed by atoms with van der Waals surface area (Å²) in [5.41, 5.74) is 4.18. The van der Waals surface area contributed by atoms with Crippen LogP contribution in [0.3, 0.4) is 0 Å². The highest BCUT2D eigenvalue weighted by atomic mass is 35.5. The molecule has 3 aromatic rings.